The molecule has 1 heterocycles. The quantitative estimate of drug-likeness (QED) is 0.707. The summed E-state index contributed by atoms with van der Waals surface area (Å²) in [5, 5.41) is 0. The number of alkyl halides is 2. The molecule has 0 bridgehead atoms. The third kappa shape index (κ3) is 3.82. The highest BCUT2D eigenvalue weighted by Gasteiger charge is 2.42. The summed E-state index contributed by atoms with van der Waals surface area (Å²) in [5.74, 6) is 2.03. The van der Waals surface area contributed by atoms with Crippen LogP contribution in [0, 0.1) is 23.7 Å². The van der Waals surface area contributed by atoms with Crippen molar-refractivity contribution in [2.45, 2.75) is 69.7 Å². The molecule has 0 N–H and O–H groups in total. The Balaban J connectivity index is 1.47. The summed E-state index contributed by atoms with van der Waals surface area (Å²) in [6.45, 7) is 3.77. The predicted octanol–water partition coefficient (Wildman–Crippen LogP) is 4.13. The maximum Gasteiger partial charge on any atom is 0.160 e. The molecule has 0 spiro atoms. The summed E-state index contributed by atoms with van der Waals surface area (Å²) < 4.78 is 39.2. The Morgan fingerprint density at radius 2 is 1.50 bits per heavy atom. The Kier molecular flexibility index (Phi) is 5.74. The van der Waals surface area contributed by atoms with Crippen molar-refractivity contribution >= 4 is 9.24 Å². The van der Waals surface area contributed by atoms with Gasteiger partial charge in [0.25, 0.3) is 0 Å². The lowest BCUT2D eigenvalue weighted by Gasteiger charge is -2.42. The van der Waals surface area contributed by atoms with E-state index in [-0.39, 0.29) is 24.3 Å². The van der Waals surface area contributed by atoms with E-state index in [0.717, 1.165) is 19.1 Å². The second-order valence-electron chi connectivity index (χ2n) is 7.67. The van der Waals surface area contributed by atoms with Crippen LogP contribution in [0.1, 0.15) is 45.4 Å². The highest BCUT2D eigenvalue weighted by Crippen LogP contribution is 2.39. The van der Waals surface area contributed by atoms with E-state index in [0.29, 0.717) is 18.3 Å². The molecule has 5 heteroatoms. The van der Waals surface area contributed by atoms with Gasteiger partial charge in [0, 0.05) is 17.5 Å². The summed E-state index contributed by atoms with van der Waals surface area (Å²) in [6.07, 6.45) is 2.94. The number of hydrogen-bond acceptors (Lipinski definition) is 2. The minimum absolute atomic E-state index is 0.0168. The van der Waals surface area contributed by atoms with Crippen molar-refractivity contribution in [1.82, 2.24) is 0 Å². The first-order chi connectivity index (χ1) is 10.5. The highest BCUT2D eigenvalue weighted by atomic mass is 31.0. The van der Waals surface area contributed by atoms with Gasteiger partial charge in [0.2, 0.25) is 0 Å². The van der Waals surface area contributed by atoms with E-state index >= 15 is 0 Å². The van der Waals surface area contributed by atoms with Crippen LogP contribution in [-0.2, 0) is 9.47 Å². The first kappa shape index (κ1) is 17.0. The van der Waals surface area contributed by atoms with Crippen LogP contribution in [0.4, 0.5) is 8.78 Å². The molecule has 2 aliphatic carbocycles. The van der Waals surface area contributed by atoms with E-state index < -0.39 is 12.3 Å². The second-order valence-corrected chi connectivity index (χ2v) is 8.53. The molecule has 0 aromatic rings. The molecular formula is C17H29F2O2P. The number of hydrogen-bond donors (Lipinski definition) is 0. The van der Waals surface area contributed by atoms with E-state index in [9.17, 15) is 8.78 Å². The topological polar surface area (TPSA) is 18.5 Å². The number of rotatable bonds is 2. The van der Waals surface area contributed by atoms with E-state index in [1.807, 2.05) is 0 Å². The van der Waals surface area contributed by atoms with Crippen LogP contribution >= 0.6 is 9.24 Å². The van der Waals surface area contributed by atoms with Gasteiger partial charge < -0.3 is 9.47 Å². The minimum Gasteiger partial charge on any atom is -0.352 e. The second kappa shape index (κ2) is 7.40. The van der Waals surface area contributed by atoms with Gasteiger partial charge in [0.15, 0.2) is 6.29 Å². The lowest BCUT2D eigenvalue weighted by molar-refractivity contribution is -0.239. The smallest absolute Gasteiger partial charge is 0.160 e. The Bertz CT molecular complexity index is 343. The average molecular weight is 334 g/mol. The van der Waals surface area contributed by atoms with E-state index in [1.165, 1.54) is 25.7 Å². The van der Waals surface area contributed by atoms with Gasteiger partial charge in [0.1, 0.15) is 12.3 Å². The molecule has 3 fully saturated rings. The van der Waals surface area contributed by atoms with Gasteiger partial charge in [-0.05, 0) is 37.5 Å². The van der Waals surface area contributed by atoms with Crippen molar-refractivity contribution in [1.29, 1.82) is 0 Å². The molecule has 0 aromatic carbocycles. The summed E-state index contributed by atoms with van der Waals surface area (Å²) in [5.41, 5.74) is -0.321. The first-order valence-corrected chi connectivity index (χ1v) is 9.48. The number of ether oxygens (including phenoxy) is 2. The van der Waals surface area contributed by atoms with Gasteiger partial charge >= 0.3 is 0 Å². The molecule has 0 radical (unpaired) electrons. The van der Waals surface area contributed by atoms with Crippen LogP contribution in [-0.4, -0.2) is 37.5 Å². The van der Waals surface area contributed by atoms with Crippen molar-refractivity contribution < 1.29 is 18.3 Å². The van der Waals surface area contributed by atoms with Crippen LogP contribution < -0.4 is 0 Å². The van der Waals surface area contributed by atoms with Crippen molar-refractivity contribution in [2.75, 3.05) is 13.2 Å². The van der Waals surface area contributed by atoms with Crippen LogP contribution in [0.3, 0.4) is 0 Å². The van der Waals surface area contributed by atoms with Crippen molar-refractivity contribution in [2.24, 2.45) is 23.7 Å². The maximum absolute atomic E-state index is 13.7. The third-order valence-electron chi connectivity index (χ3n) is 5.92. The SMILES string of the molecule is CC1CCC(C2COC(C3CC(F)C(F)C(P)C3)OC2)CC1. The predicted molar refractivity (Wildman–Crippen MR) is 86.3 cm³/mol. The lowest BCUT2D eigenvalue weighted by atomic mass is 9.76. The number of halogens is 2. The summed E-state index contributed by atoms with van der Waals surface area (Å²) >= 11 is 0. The van der Waals surface area contributed by atoms with E-state index in [4.69, 9.17) is 9.47 Å². The molecule has 3 rings (SSSR count). The molecule has 1 saturated heterocycles. The summed E-state index contributed by atoms with van der Waals surface area (Å²) in [6, 6.07) is 0. The fourth-order valence-corrected chi connectivity index (χ4v) is 4.91. The molecule has 128 valence electrons. The lowest BCUT2D eigenvalue weighted by Crippen LogP contribution is -2.46. The van der Waals surface area contributed by atoms with E-state index in [1.54, 1.807) is 0 Å². The zero-order valence-electron chi connectivity index (χ0n) is 13.4. The zero-order valence-corrected chi connectivity index (χ0v) is 14.6. The molecule has 22 heavy (non-hydrogen) atoms. The summed E-state index contributed by atoms with van der Waals surface area (Å²) in [7, 11) is 2.44. The van der Waals surface area contributed by atoms with Gasteiger partial charge in [-0.1, -0.05) is 19.8 Å². The van der Waals surface area contributed by atoms with Crippen molar-refractivity contribution in [3.63, 3.8) is 0 Å². The van der Waals surface area contributed by atoms with Gasteiger partial charge in [-0.2, -0.15) is 0 Å². The van der Waals surface area contributed by atoms with Gasteiger partial charge in [-0.25, -0.2) is 8.78 Å². The van der Waals surface area contributed by atoms with Crippen LogP contribution in [0.15, 0.2) is 0 Å². The van der Waals surface area contributed by atoms with Crippen molar-refractivity contribution in [3.8, 4) is 0 Å². The highest BCUT2D eigenvalue weighted by molar-refractivity contribution is 7.17. The minimum atomic E-state index is -1.38. The molecular weight excluding hydrogens is 305 g/mol. The first-order valence-electron chi connectivity index (χ1n) is 8.81. The van der Waals surface area contributed by atoms with Gasteiger partial charge in [-0.3, -0.25) is 0 Å². The molecule has 2 nitrogen and oxygen atoms in total. The molecule has 5 atom stereocenters. The molecule has 2 saturated carbocycles. The Labute approximate surface area is 134 Å². The largest absolute Gasteiger partial charge is 0.352 e. The Morgan fingerprint density at radius 3 is 2.09 bits per heavy atom. The third-order valence-corrected chi connectivity index (χ3v) is 6.56. The molecule has 3 aliphatic rings. The summed E-state index contributed by atoms with van der Waals surface area (Å²) in [4.78, 5) is 0. The average Bonchev–Trinajstić information content (AvgIpc) is 2.53. The zero-order chi connectivity index (χ0) is 15.7. The fourth-order valence-electron chi connectivity index (χ4n) is 4.32. The van der Waals surface area contributed by atoms with Crippen LogP contribution in [0.2, 0.25) is 0 Å². The van der Waals surface area contributed by atoms with E-state index in [2.05, 4.69) is 16.2 Å². The van der Waals surface area contributed by atoms with Gasteiger partial charge in [0.05, 0.1) is 13.2 Å². The van der Waals surface area contributed by atoms with Crippen LogP contribution in [0.5, 0.6) is 0 Å². The van der Waals surface area contributed by atoms with Crippen LogP contribution in [0.25, 0.3) is 0 Å². The standard InChI is InChI=1S/C17H29F2O2P/c1-10-2-4-11(5-3-10)13-8-20-17(21-9-13)12-6-14(18)16(19)15(22)7-12/h10-17H,2-9,22H2,1H3. The molecule has 0 aromatic heterocycles. The maximum atomic E-state index is 13.7. The van der Waals surface area contributed by atoms with Crippen molar-refractivity contribution in [3.05, 3.63) is 0 Å². The van der Waals surface area contributed by atoms with Gasteiger partial charge in [-0.15, -0.1) is 9.24 Å². The normalized spacial score (nSPS) is 50.7. The monoisotopic (exact) mass is 334 g/mol. The Morgan fingerprint density at radius 1 is 0.864 bits per heavy atom. The molecule has 0 amide bonds. The fraction of sp³-hybridized carbons (Fsp3) is 1.00. The molecule has 1 aliphatic heterocycles. The Hall–Kier alpha value is 0.210. The molecule has 5 unspecified atom stereocenters.